The zero-order valence-corrected chi connectivity index (χ0v) is 23.9. The molecule has 4 bridgehead atoms. The Bertz CT molecular complexity index is 1840. The summed E-state index contributed by atoms with van der Waals surface area (Å²) in [5.41, 5.74) is 3.57. The molecule has 9 rings (SSSR count). The molecule has 0 saturated heterocycles. The summed E-state index contributed by atoms with van der Waals surface area (Å²) in [5.74, 6) is 1.47. The minimum Gasteiger partial charge on any atom is -0.478 e. The van der Waals surface area contributed by atoms with Gasteiger partial charge in [-0.2, -0.15) is 5.10 Å². The first-order valence-electron chi connectivity index (χ1n) is 15.0. The van der Waals surface area contributed by atoms with Crippen LogP contribution in [0.1, 0.15) is 54.6 Å². The van der Waals surface area contributed by atoms with Crippen molar-refractivity contribution in [3.63, 3.8) is 0 Å². The Labute approximate surface area is 247 Å². The number of carbonyl (C=O) groups is 1. The molecule has 2 N–H and O–H groups in total. The number of halogens is 1. The fourth-order valence-electron chi connectivity index (χ4n) is 8.61. The van der Waals surface area contributed by atoms with Gasteiger partial charge in [0.15, 0.2) is 11.6 Å². The average molecular weight is 578 g/mol. The molecule has 5 heterocycles. The number of aromatic carboxylic acids is 1. The second-order valence-corrected chi connectivity index (χ2v) is 12.9. The molecule has 0 aromatic carbocycles. The highest BCUT2D eigenvalue weighted by molar-refractivity contribution is 6.08. The van der Waals surface area contributed by atoms with Crippen molar-refractivity contribution in [2.75, 3.05) is 5.32 Å². The Morgan fingerprint density at radius 3 is 2.47 bits per heavy atom. The fraction of sp³-hybridized carbons (Fsp3) is 0.364. The quantitative estimate of drug-likeness (QED) is 0.219. The second kappa shape index (κ2) is 9.72. The van der Waals surface area contributed by atoms with Crippen LogP contribution in [0.3, 0.4) is 0 Å². The number of nitrogens with zero attached hydrogens (tertiary/aromatic N) is 6. The number of aromatic nitrogens is 6. The number of nitrogens with one attached hydrogen (secondary N) is 1. The van der Waals surface area contributed by atoms with Gasteiger partial charge in [0.05, 0.1) is 23.6 Å². The summed E-state index contributed by atoms with van der Waals surface area (Å²) in [7, 11) is 0. The monoisotopic (exact) mass is 577 g/mol. The third kappa shape index (κ3) is 4.38. The SMILES string of the molecule is Cc1c(-c2cnc3c(ccn3-c3cnc(Nc4ccccn4)c(F)c3)c2C(=O)O)cnn1CC12CC3CC(CC(C3)C1)C2. The van der Waals surface area contributed by atoms with Gasteiger partial charge in [-0.15, -0.1) is 0 Å². The molecular weight excluding hydrogens is 545 g/mol. The molecule has 0 radical (unpaired) electrons. The highest BCUT2D eigenvalue weighted by Gasteiger charge is 2.51. The van der Waals surface area contributed by atoms with Crippen LogP contribution in [0.2, 0.25) is 0 Å². The zero-order chi connectivity index (χ0) is 29.3. The second-order valence-electron chi connectivity index (χ2n) is 12.9. The summed E-state index contributed by atoms with van der Waals surface area (Å²) >= 11 is 0. The molecule has 43 heavy (non-hydrogen) atoms. The van der Waals surface area contributed by atoms with E-state index in [1.807, 2.05) is 6.92 Å². The molecule has 0 atom stereocenters. The van der Waals surface area contributed by atoms with Crippen LogP contribution in [-0.2, 0) is 6.54 Å². The Morgan fingerprint density at radius 2 is 1.79 bits per heavy atom. The smallest absolute Gasteiger partial charge is 0.337 e. The first-order chi connectivity index (χ1) is 20.9. The minimum atomic E-state index is -1.05. The minimum absolute atomic E-state index is 0.0430. The van der Waals surface area contributed by atoms with Gasteiger partial charge >= 0.3 is 5.97 Å². The molecule has 5 aromatic heterocycles. The normalized spacial score (nSPS) is 24.1. The van der Waals surface area contributed by atoms with Gasteiger partial charge in [0, 0.05) is 53.4 Å². The van der Waals surface area contributed by atoms with Crippen LogP contribution < -0.4 is 5.32 Å². The molecule has 0 unspecified atom stereocenters. The van der Waals surface area contributed by atoms with Gasteiger partial charge in [0.2, 0.25) is 0 Å². The summed E-state index contributed by atoms with van der Waals surface area (Å²) in [4.78, 5) is 25.8. The first-order valence-corrected chi connectivity index (χ1v) is 15.0. The van der Waals surface area contributed by atoms with E-state index in [0.717, 1.165) is 35.6 Å². The molecule has 218 valence electrons. The van der Waals surface area contributed by atoms with Crippen molar-refractivity contribution in [3.8, 4) is 16.8 Å². The lowest BCUT2D eigenvalue weighted by atomic mass is 9.49. The number of anilines is 2. The molecule has 0 amide bonds. The van der Waals surface area contributed by atoms with E-state index in [4.69, 9.17) is 5.10 Å². The molecule has 10 heteroatoms. The van der Waals surface area contributed by atoms with Crippen LogP contribution in [0, 0.1) is 35.9 Å². The van der Waals surface area contributed by atoms with Crippen LogP contribution in [-0.4, -0.2) is 40.4 Å². The Balaban J connectivity index is 1.12. The molecule has 4 fully saturated rings. The number of hydrogen-bond acceptors (Lipinski definition) is 6. The number of carboxylic acid groups (broad SMARTS) is 1. The van der Waals surface area contributed by atoms with Crippen molar-refractivity contribution in [1.82, 2.24) is 29.3 Å². The summed E-state index contributed by atoms with van der Waals surface area (Å²) in [6, 6.07) is 8.34. The molecule has 4 saturated carbocycles. The third-order valence-corrected chi connectivity index (χ3v) is 9.99. The highest BCUT2D eigenvalue weighted by Crippen LogP contribution is 2.60. The Kier molecular flexibility index (Phi) is 5.89. The Morgan fingerprint density at radius 1 is 1.02 bits per heavy atom. The van der Waals surface area contributed by atoms with Gasteiger partial charge in [0.25, 0.3) is 0 Å². The molecule has 4 aliphatic carbocycles. The van der Waals surface area contributed by atoms with E-state index in [1.165, 1.54) is 50.8 Å². The van der Waals surface area contributed by atoms with E-state index in [2.05, 4.69) is 25.0 Å². The van der Waals surface area contributed by atoms with Crippen molar-refractivity contribution in [3.05, 3.63) is 78.4 Å². The number of pyridine rings is 3. The maximum absolute atomic E-state index is 15.0. The summed E-state index contributed by atoms with van der Waals surface area (Å²) in [5, 5.41) is 18.5. The average Bonchev–Trinajstić information content (AvgIpc) is 3.56. The molecule has 0 aliphatic heterocycles. The molecular formula is C33H32FN7O2. The Hall–Kier alpha value is -4.60. The number of fused-ring (bicyclic) bond motifs is 1. The van der Waals surface area contributed by atoms with Crippen LogP contribution in [0.25, 0.3) is 27.8 Å². The van der Waals surface area contributed by atoms with Crippen LogP contribution in [0.15, 0.2) is 61.3 Å². The zero-order valence-electron chi connectivity index (χ0n) is 23.9. The van der Waals surface area contributed by atoms with Crippen molar-refractivity contribution in [2.24, 2.45) is 23.2 Å². The topological polar surface area (TPSA) is 111 Å². The van der Waals surface area contributed by atoms with Crippen LogP contribution in [0.4, 0.5) is 16.0 Å². The maximum atomic E-state index is 15.0. The number of rotatable bonds is 7. The van der Waals surface area contributed by atoms with Gasteiger partial charge in [-0.25, -0.2) is 24.1 Å². The molecule has 9 nitrogen and oxygen atoms in total. The first kappa shape index (κ1) is 26.1. The molecule has 4 aliphatic rings. The lowest BCUT2D eigenvalue weighted by Crippen LogP contribution is -2.48. The van der Waals surface area contributed by atoms with Gasteiger partial charge < -0.3 is 10.4 Å². The fourth-order valence-corrected chi connectivity index (χ4v) is 8.61. The van der Waals surface area contributed by atoms with Crippen LogP contribution in [0.5, 0.6) is 0 Å². The van der Waals surface area contributed by atoms with E-state index < -0.39 is 11.8 Å². The summed E-state index contributed by atoms with van der Waals surface area (Å²) in [6.07, 6.45) is 16.2. The third-order valence-electron chi connectivity index (χ3n) is 9.99. The number of hydrogen-bond donors (Lipinski definition) is 2. The number of carboxylic acids is 1. The van der Waals surface area contributed by atoms with Gasteiger partial charge in [-0.05, 0) is 86.8 Å². The van der Waals surface area contributed by atoms with Crippen molar-refractivity contribution in [1.29, 1.82) is 0 Å². The van der Waals surface area contributed by atoms with E-state index in [-0.39, 0.29) is 11.4 Å². The van der Waals surface area contributed by atoms with Gasteiger partial charge in [0.1, 0.15) is 11.5 Å². The predicted octanol–water partition coefficient (Wildman–Crippen LogP) is 6.78. The lowest BCUT2D eigenvalue weighted by molar-refractivity contribution is -0.0638. The van der Waals surface area contributed by atoms with Gasteiger partial charge in [-0.1, -0.05) is 6.07 Å². The van der Waals surface area contributed by atoms with Crippen molar-refractivity contribution < 1.29 is 14.3 Å². The maximum Gasteiger partial charge on any atom is 0.337 e. The van der Waals surface area contributed by atoms with E-state index >= 15 is 4.39 Å². The highest BCUT2D eigenvalue weighted by atomic mass is 19.1. The van der Waals surface area contributed by atoms with Gasteiger partial charge in [-0.3, -0.25) is 9.25 Å². The molecule has 0 spiro atoms. The summed E-state index contributed by atoms with van der Waals surface area (Å²) in [6.45, 7) is 2.92. The predicted molar refractivity (Wildman–Crippen MR) is 160 cm³/mol. The lowest BCUT2D eigenvalue weighted by Gasteiger charge is -2.56. The van der Waals surface area contributed by atoms with Crippen molar-refractivity contribution >= 4 is 28.6 Å². The van der Waals surface area contributed by atoms with E-state index in [9.17, 15) is 9.90 Å². The van der Waals surface area contributed by atoms with Crippen LogP contribution >= 0.6 is 0 Å². The van der Waals surface area contributed by atoms with E-state index in [1.54, 1.807) is 53.6 Å². The standard InChI is InChI=1S/C33H32FN7O2/c1-19-25(17-38-41(19)18-33-12-20-8-21(13-33)10-22(9-20)14-33)26-16-37-31-24(29(26)32(42)43)5-7-40(31)23-11-27(34)30(36-15-23)39-28-4-2-3-6-35-28/h2-7,11,15-17,20-22H,8-10,12-14,18H2,1H3,(H,42,43)(H,35,36,39). The molecule has 5 aromatic rings. The van der Waals surface area contributed by atoms with E-state index in [0.29, 0.717) is 33.5 Å². The summed E-state index contributed by atoms with van der Waals surface area (Å²) < 4.78 is 18.8. The van der Waals surface area contributed by atoms with Crippen molar-refractivity contribution in [2.45, 2.75) is 52.0 Å². The largest absolute Gasteiger partial charge is 0.478 e.